The molecule has 2 saturated carbocycles. The van der Waals surface area contributed by atoms with Crippen LogP contribution in [0.5, 0.6) is 0 Å². The lowest BCUT2D eigenvalue weighted by Gasteiger charge is -2.29. The van der Waals surface area contributed by atoms with Gasteiger partial charge in [-0.15, -0.1) is 0 Å². The first-order valence-electron chi connectivity index (χ1n) is 4.74. The lowest BCUT2D eigenvalue weighted by atomic mass is 9.86. The molecule has 2 fully saturated rings. The van der Waals surface area contributed by atoms with E-state index >= 15 is 0 Å². The average molecular weight is 165 g/mol. The SMILES string of the molecule is CC=C1CC(NC(=O)C2CC2)C1. The van der Waals surface area contributed by atoms with Crippen LogP contribution in [0.25, 0.3) is 0 Å². The van der Waals surface area contributed by atoms with E-state index in [2.05, 4.69) is 18.3 Å². The van der Waals surface area contributed by atoms with Gasteiger partial charge in [0.1, 0.15) is 0 Å². The van der Waals surface area contributed by atoms with Gasteiger partial charge in [0.2, 0.25) is 5.91 Å². The molecule has 0 aliphatic heterocycles. The number of hydrogen-bond donors (Lipinski definition) is 1. The fourth-order valence-electron chi connectivity index (χ4n) is 1.58. The van der Waals surface area contributed by atoms with Gasteiger partial charge in [-0.1, -0.05) is 11.6 Å². The van der Waals surface area contributed by atoms with E-state index in [9.17, 15) is 4.79 Å². The maximum Gasteiger partial charge on any atom is 0.223 e. The van der Waals surface area contributed by atoms with E-state index < -0.39 is 0 Å². The Kier molecular flexibility index (Phi) is 1.91. The molecule has 1 N–H and O–H groups in total. The van der Waals surface area contributed by atoms with E-state index in [1.807, 2.05) is 0 Å². The van der Waals surface area contributed by atoms with E-state index in [4.69, 9.17) is 0 Å². The molecule has 12 heavy (non-hydrogen) atoms. The van der Waals surface area contributed by atoms with Crippen molar-refractivity contribution in [1.82, 2.24) is 5.32 Å². The number of carbonyl (C=O) groups excluding carboxylic acids is 1. The highest BCUT2D eigenvalue weighted by Gasteiger charge is 2.33. The van der Waals surface area contributed by atoms with Crippen molar-refractivity contribution >= 4 is 5.91 Å². The average Bonchev–Trinajstić information content (AvgIpc) is 2.76. The first kappa shape index (κ1) is 7.84. The zero-order valence-corrected chi connectivity index (χ0v) is 7.47. The van der Waals surface area contributed by atoms with Gasteiger partial charge in [-0.3, -0.25) is 4.79 Å². The topological polar surface area (TPSA) is 29.1 Å². The van der Waals surface area contributed by atoms with Crippen LogP contribution in [0.1, 0.15) is 32.6 Å². The second kappa shape index (κ2) is 2.92. The minimum Gasteiger partial charge on any atom is -0.352 e. The van der Waals surface area contributed by atoms with E-state index in [0.29, 0.717) is 12.0 Å². The van der Waals surface area contributed by atoms with Gasteiger partial charge in [-0.2, -0.15) is 0 Å². The first-order valence-corrected chi connectivity index (χ1v) is 4.74. The van der Waals surface area contributed by atoms with Gasteiger partial charge in [0.15, 0.2) is 0 Å². The molecule has 0 aromatic heterocycles. The second-order valence-corrected chi connectivity index (χ2v) is 3.83. The predicted octanol–water partition coefficient (Wildman–Crippen LogP) is 1.62. The molecule has 0 aromatic carbocycles. The lowest BCUT2D eigenvalue weighted by molar-refractivity contribution is -0.123. The van der Waals surface area contributed by atoms with Crippen LogP contribution in [0.3, 0.4) is 0 Å². The number of allylic oxidation sites excluding steroid dienone is 1. The standard InChI is InChI=1S/C10H15NO/c1-2-7-5-9(6-7)11-10(12)8-3-4-8/h2,8-9H,3-6H2,1H3,(H,11,12). The van der Waals surface area contributed by atoms with Gasteiger partial charge in [0, 0.05) is 12.0 Å². The van der Waals surface area contributed by atoms with Crippen molar-refractivity contribution in [2.75, 3.05) is 0 Å². The molecule has 2 aliphatic rings. The fraction of sp³-hybridized carbons (Fsp3) is 0.700. The molecule has 0 unspecified atom stereocenters. The molecular weight excluding hydrogens is 150 g/mol. The summed E-state index contributed by atoms with van der Waals surface area (Å²) in [5.74, 6) is 0.648. The monoisotopic (exact) mass is 165 g/mol. The number of hydrogen-bond acceptors (Lipinski definition) is 1. The molecule has 2 nitrogen and oxygen atoms in total. The molecule has 0 atom stereocenters. The van der Waals surface area contributed by atoms with Crippen molar-refractivity contribution in [2.45, 2.75) is 38.6 Å². The number of nitrogens with one attached hydrogen (secondary N) is 1. The summed E-state index contributed by atoms with van der Waals surface area (Å²) in [6, 6.07) is 0.448. The predicted molar refractivity (Wildman–Crippen MR) is 47.6 cm³/mol. The summed E-state index contributed by atoms with van der Waals surface area (Å²) in [6.45, 7) is 2.06. The van der Waals surface area contributed by atoms with Crippen molar-refractivity contribution in [3.8, 4) is 0 Å². The molecular formula is C10H15NO. The second-order valence-electron chi connectivity index (χ2n) is 3.83. The van der Waals surface area contributed by atoms with Crippen molar-refractivity contribution < 1.29 is 4.79 Å². The highest BCUT2D eigenvalue weighted by Crippen LogP contribution is 2.31. The van der Waals surface area contributed by atoms with Crippen LogP contribution in [0.4, 0.5) is 0 Å². The largest absolute Gasteiger partial charge is 0.352 e. The Bertz CT molecular complexity index is 220. The lowest BCUT2D eigenvalue weighted by Crippen LogP contribution is -2.41. The third-order valence-electron chi connectivity index (χ3n) is 2.72. The number of rotatable bonds is 2. The molecule has 2 heteroatoms. The van der Waals surface area contributed by atoms with Gasteiger partial charge in [-0.25, -0.2) is 0 Å². The normalized spacial score (nSPS) is 27.8. The van der Waals surface area contributed by atoms with Crippen LogP contribution in [-0.2, 0) is 4.79 Å². The van der Waals surface area contributed by atoms with Crippen LogP contribution >= 0.6 is 0 Å². The summed E-state index contributed by atoms with van der Waals surface area (Å²) in [4.78, 5) is 11.3. The van der Waals surface area contributed by atoms with Crippen LogP contribution < -0.4 is 5.32 Å². The number of amides is 1. The summed E-state index contributed by atoms with van der Waals surface area (Å²) in [7, 11) is 0. The van der Waals surface area contributed by atoms with Gasteiger partial charge in [0.25, 0.3) is 0 Å². The van der Waals surface area contributed by atoms with Crippen LogP contribution in [0.15, 0.2) is 11.6 Å². The summed E-state index contributed by atoms with van der Waals surface area (Å²) in [5.41, 5.74) is 1.48. The summed E-state index contributed by atoms with van der Waals surface area (Å²) < 4.78 is 0. The number of carbonyl (C=O) groups is 1. The molecule has 0 aromatic rings. The summed E-state index contributed by atoms with van der Waals surface area (Å²) in [5, 5.41) is 3.06. The molecule has 0 saturated heterocycles. The molecule has 0 bridgehead atoms. The highest BCUT2D eigenvalue weighted by molar-refractivity contribution is 5.81. The maximum absolute atomic E-state index is 11.3. The quantitative estimate of drug-likeness (QED) is 0.619. The third-order valence-corrected chi connectivity index (χ3v) is 2.72. The van der Waals surface area contributed by atoms with Crippen molar-refractivity contribution in [3.05, 3.63) is 11.6 Å². The minimum atomic E-state index is 0.287. The van der Waals surface area contributed by atoms with E-state index in [1.54, 1.807) is 0 Å². The fourth-order valence-corrected chi connectivity index (χ4v) is 1.58. The zero-order chi connectivity index (χ0) is 8.55. The molecule has 0 heterocycles. The molecule has 2 aliphatic carbocycles. The van der Waals surface area contributed by atoms with Crippen LogP contribution in [-0.4, -0.2) is 11.9 Å². The minimum absolute atomic E-state index is 0.287. The molecule has 1 amide bonds. The Balaban J connectivity index is 1.71. The summed E-state index contributed by atoms with van der Waals surface area (Å²) in [6.07, 6.45) is 6.52. The Hall–Kier alpha value is -0.790. The molecule has 2 rings (SSSR count). The Labute approximate surface area is 73.0 Å². The van der Waals surface area contributed by atoms with E-state index in [-0.39, 0.29) is 5.91 Å². The Morgan fingerprint density at radius 1 is 1.50 bits per heavy atom. The molecule has 66 valence electrons. The highest BCUT2D eigenvalue weighted by atomic mass is 16.2. The molecule has 0 spiro atoms. The zero-order valence-electron chi connectivity index (χ0n) is 7.47. The van der Waals surface area contributed by atoms with E-state index in [1.165, 1.54) is 5.57 Å². The van der Waals surface area contributed by atoms with Crippen molar-refractivity contribution in [2.24, 2.45) is 5.92 Å². The van der Waals surface area contributed by atoms with Crippen LogP contribution in [0, 0.1) is 5.92 Å². The van der Waals surface area contributed by atoms with Gasteiger partial charge >= 0.3 is 0 Å². The van der Waals surface area contributed by atoms with Crippen molar-refractivity contribution in [3.63, 3.8) is 0 Å². The Morgan fingerprint density at radius 3 is 2.67 bits per heavy atom. The smallest absolute Gasteiger partial charge is 0.223 e. The molecule has 0 radical (unpaired) electrons. The maximum atomic E-state index is 11.3. The van der Waals surface area contributed by atoms with Crippen LogP contribution in [0.2, 0.25) is 0 Å². The van der Waals surface area contributed by atoms with Gasteiger partial charge in [-0.05, 0) is 32.6 Å². The van der Waals surface area contributed by atoms with Crippen molar-refractivity contribution in [1.29, 1.82) is 0 Å². The van der Waals surface area contributed by atoms with E-state index in [0.717, 1.165) is 25.7 Å². The summed E-state index contributed by atoms with van der Waals surface area (Å²) >= 11 is 0. The van der Waals surface area contributed by atoms with Gasteiger partial charge in [0.05, 0.1) is 0 Å². The third kappa shape index (κ3) is 1.52. The van der Waals surface area contributed by atoms with Gasteiger partial charge < -0.3 is 5.32 Å². The Morgan fingerprint density at radius 2 is 2.17 bits per heavy atom. The first-order chi connectivity index (χ1) is 5.79.